The number of hydrogen-bond acceptors (Lipinski definition) is 6. The van der Waals surface area contributed by atoms with E-state index in [1.54, 1.807) is 18.7 Å². The maximum Gasteiger partial charge on any atom is 0.103 e. The van der Waals surface area contributed by atoms with E-state index in [1.165, 1.54) is 11.1 Å². The van der Waals surface area contributed by atoms with Crippen LogP contribution in [0.4, 0.5) is 11.4 Å². The third kappa shape index (κ3) is 5.76. The van der Waals surface area contributed by atoms with Gasteiger partial charge in [0.25, 0.3) is 0 Å². The van der Waals surface area contributed by atoms with Crippen LogP contribution in [-0.4, -0.2) is 47.5 Å². The van der Waals surface area contributed by atoms with Crippen LogP contribution in [0.25, 0.3) is 22.0 Å². The van der Waals surface area contributed by atoms with Crippen LogP contribution in [0.5, 0.6) is 0 Å². The Hall–Kier alpha value is -4.44. The van der Waals surface area contributed by atoms with Gasteiger partial charge in [0.2, 0.25) is 0 Å². The van der Waals surface area contributed by atoms with Crippen LogP contribution in [0.1, 0.15) is 29.2 Å². The number of fused-ring (bicyclic) bond motifs is 1. The number of likely N-dealkylation sites (N-methyl/N-ethyl adjacent to an activating group) is 1. The molecule has 6 heteroatoms. The molecule has 40 heavy (non-hydrogen) atoms. The van der Waals surface area contributed by atoms with Crippen molar-refractivity contribution in [2.24, 2.45) is 0 Å². The number of rotatable bonds is 8. The average molecular weight is 528 g/mol. The maximum absolute atomic E-state index is 9.80. The van der Waals surface area contributed by atoms with Crippen LogP contribution in [-0.2, 0) is 13.0 Å². The summed E-state index contributed by atoms with van der Waals surface area (Å²) in [5.74, 6) is 0. The van der Waals surface area contributed by atoms with Crippen LogP contribution in [0, 0.1) is 11.3 Å². The molecule has 0 amide bonds. The van der Waals surface area contributed by atoms with Crippen molar-refractivity contribution in [2.75, 3.05) is 38.0 Å². The Labute approximate surface area is 235 Å². The minimum Gasteiger partial charge on any atom is -0.472 e. The third-order valence-electron chi connectivity index (χ3n) is 7.81. The zero-order valence-electron chi connectivity index (χ0n) is 22.8. The first-order valence-corrected chi connectivity index (χ1v) is 13.9. The molecule has 6 rings (SSSR count). The van der Waals surface area contributed by atoms with E-state index in [4.69, 9.17) is 4.42 Å². The van der Waals surface area contributed by atoms with Gasteiger partial charge in [-0.3, -0.25) is 9.88 Å². The lowest BCUT2D eigenvalue weighted by Gasteiger charge is -2.34. The molecular formula is C34H33N5O. The number of furan rings is 1. The van der Waals surface area contributed by atoms with Crippen molar-refractivity contribution < 1.29 is 4.42 Å². The lowest BCUT2D eigenvalue weighted by Crippen LogP contribution is -2.45. The summed E-state index contributed by atoms with van der Waals surface area (Å²) in [5.41, 5.74) is 9.03. The average Bonchev–Trinajstić information content (AvgIpc) is 3.52. The molecule has 1 N–H and O–H groups in total. The Balaban J connectivity index is 1.19. The zero-order chi connectivity index (χ0) is 27.3. The van der Waals surface area contributed by atoms with Crippen LogP contribution in [0.2, 0.25) is 0 Å². The number of nitriles is 1. The summed E-state index contributed by atoms with van der Waals surface area (Å²) in [6.45, 7) is 8.93. The summed E-state index contributed by atoms with van der Waals surface area (Å²) in [7, 11) is 0. The predicted molar refractivity (Wildman–Crippen MR) is 161 cm³/mol. The van der Waals surface area contributed by atoms with E-state index < -0.39 is 0 Å². The van der Waals surface area contributed by atoms with Gasteiger partial charge in [-0.1, -0.05) is 55.5 Å². The number of hydrogen-bond donors (Lipinski definition) is 1. The van der Waals surface area contributed by atoms with Gasteiger partial charge in [-0.05, 0) is 58.6 Å². The molecule has 5 aromatic rings. The predicted octanol–water partition coefficient (Wildman–Crippen LogP) is 6.84. The first-order chi connectivity index (χ1) is 19.7. The summed E-state index contributed by atoms with van der Waals surface area (Å²) < 4.78 is 5.18. The minimum atomic E-state index is 0.520. The fourth-order valence-electron chi connectivity index (χ4n) is 5.40. The van der Waals surface area contributed by atoms with E-state index in [9.17, 15) is 5.26 Å². The van der Waals surface area contributed by atoms with Crippen LogP contribution in [0.15, 0.2) is 95.9 Å². The first-order valence-electron chi connectivity index (χ1n) is 13.9. The number of nitrogens with one attached hydrogen (secondary N) is 1. The second kappa shape index (κ2) is 11.7. The Morgan fingerprint density at radius 3 is 2.27 bits per heavy atom. The molecule has 0 saturated carbocycles. The van der Waals surface area contributed by atoms with Crippen molar-refractivity contribution in [3.8, 4) is 17.2 Å². The summed E-state index contributed by atoms with van der Waals surface area (Å²) in [6.07, 6.45) is 5.94. The Morgan fingerprint density at radius 2 is 1.57 bits per heavy atom. The van der Waals surface area contributed by atoms with Gasteiger partial charge in [0.15, 0.2) is 0 Å². The summed E-state index contributed by atoms with van der Waals surface area (Å²) >= 11 is 0. The second-order valence-electron chi connectivity index (χ2n) is 10.4. The van der Waals surface area contributed by atoms with Crippen LogP contribution < -0.4 is 5.32 Å². The molecule has 0 radical (unpaired) electrons. The molecule has 200 valence electrons. The smallest absolute Gasteiger partial charge is 0.103 e. The number of piperazine rings is 1. The standard InChI is InChI=1S/C34H33N5O/c1-2-38-14-16-39(17-15-38)23-26-3-7-28(8-4-26)29-9-12-32-33(20-29)36-22-30(21-35)34(32)37-31-10-5-25(6-11-31)19-27-13-18-40-24-27/h3-13,18,20,22,24H,2,14-17,19,23H2,1H3,(H,36,37). The minimum absolute atomic E-state index is 0.520. The third-order valence-corrected chi connectivity index (χ3v) is 7.81. The quantitative estimate of drug-likeness (QED) is 0.238. The molecule has 0 unspecified atom stereocenters. The van der Waals surface area contributed by atoms with Gasteiger partial charge in [-0.15, -0.1) is 0 Å². The number of benzene rings is 3. The SMILES string of the molecule is CCN1CCN(Cc2ccc(-c3ccc4c(Nc5ccc(Cc6ccoc6)cc5)c(C#N)cnc4c3)cc2)CC1. The lowest BCUT2D eigenvalue weighted by molar-refractivity contribution is 0.132. The van der Waals surface area contributed by atoms with Crippen LogP contribution in [0.3, 0.4) is 0 Å². The van der Waals surface area contributed by atoms with Gasteiger partial charge in [0, 0.05) is 56.4 Å². The van der Waals surface area contributed by atoms with Gasteiger partial charge in [0.05, 0.1) is 29.3 Å². The van der Waals surface area contributed by atoms with Crippen molar-refractivity contribution in [1.82, 2.24) is 14.8 Å². The molecule has 1 aliphatic heterocycles. The molecule has 6 nitrogen and oxygen atoms in total. The van der Waals surface area contributed by atoms with Crippen molar-refractivity contribution in [3.63, 3.8) is 0 Å². The van der Waals surface area contributed by atoms with Crippen molar-refractivity contribution in [2.45, 2.75) is 19.9 Å². The monoisotopic (exact) mass is 527 g/mol. The highest BCUT2D eigenvalue weighted by molar-refractivity contribution is 5.97. The number of anilines is 2. The Bertz CT molecular complexity index is 1610. The fraction of sp³-hybridized carbons (Fsp3) is 0.235. The molecule has 0 aliphatic carbocycles. The second-order valence-corrected chi connectivity index (χ2v) is 10.4. The van der Waals surface area contributed by atoms with E-state index in [2.05, 4.69) is 87.7 Å². The maximum atomic E-state index is 9.80. The summed E-state index contributed by atoms with van der Waals surface area (Å²) in [5, 5.41) is 14.2. The number of nitrogens with zero attached hydrogens (tertiary/aromatic N) is 4. The lowest BCUT2D eigenvalue weighted by atomic mass is 10.0. The van der Waals surface area contributed by atoms with Crippen LogP contribution >= 0.6 is 0 Å². The number of pyridine rings is 1. The van der Waals surface area contributed by atoms with E-state index in [0.29, 0.717) is 5.56 Å². The van der Waals surface area contributed by atoms with E-state index in [1.807, 2.05) is 18.2 Å². The zero-order valence-corrected chi connectivity index (χ0v) is 22.8. The van der Waals surface area contributed by atoms with Gasteiger partial charge < -0.3 is 14.6 Å². The van der Waals surface area contributed by atoms with Gasteiger partial charge in [-0.25, -0.2) is 0 Å². The molecule has 3 heterocycles. The van der Waals surface area contributed by atoms with E-state index >= 15 is 0 Å². The Morgan fingerprint density at radius 1 is 0.850 bits per heavy atom. The molecule has 1 aliphatic rings. The topological polar surface area (TPSA) is 68.3 Å². The molecule has 3 aromatic carbocycles. The summed E-state index contributed by atoms with van der Waals surface area (Å²) in [6, 6.07) is 27.7. The first kappa shape index (κ1) is 25.8. The van der Waals surface area contributed by atoms with E-state index in [-0.39, 0.29) is 0 Å². The molecule has 1 saturated heterocycles. The highest BCUT2D eigenvalue weighted by Crippen LogP contribution is 2.32. The van der Waals surface area contributed by atoms with Gasteiger partial charge >= 0.3 is 0 Å². The van der Waals surface area contributed by atoms with Crippen molar-refractivity contribution in [1.29, 1.82) is 5.26 Å². The summed E-state index contributed by atoms with van der Waals surface area (Å²) in [4.78, 5) is 9.67. The van der Waals surface area contributed by atoms with Crippen molar-refractivity contribution in [3.05, 3.63) is 114 Å². The normalized spacial score (nSPS) is 14.3. The largest absolute Gasteiger partial charge is 0.472 e. The fourth-order valence-corrected chi connectivity index (χ4v) is 5.40. The number of aromatic nitrogens is 1. The highest BCUT2D eigenvalue weighted by Gasteiger charge is 2.16. The molecule has 1 fully saturated rings. The van der Waals surface area contributed by atoms with Gasteiger partial charge in [0.1, 0.15) is 6.07 Å². The molecule has 0 bridgehead atoms. The molecular weight excluding hydrogens is 494 g/mol. The molecule has 0 spiro atoms. The van der Waals surface area contributed by atoms with Crippen molar-refractivity contribution >= 4 is 22.3 Å². The van der Waals surface area contributed by atoms with E-state index in [0.717, 1.165) is 84.7 Å². The molecule has 2 aromatic heterocycles. The van der Waals surface area contributed by atoms with Gasteiger partial charge in [-0.2, -0.15) is 5.26 Å². The Kier molecular flexibility index (Phi) is 7.58. The highest BCUT2D eigenvalue weighted by atomic mass is 16.3. The molecule has 0 atom stereocenters.